The maximum absolute atomic E-state index is 6.09. The molecule has 3 rings (SSSR count). The lowest BCUT2D eigenvalue weighted by atomic mass is 9.90. The highest BCUT2D eigenvalue weighted by Gasteiger charge is 2.44. The second-order valence-corrected chi connectivity index (χ2v) is 5.55. The first-order chi connectivity index (χ1) is 9.39. The lowest BCUT2D eigenvalue weighted by Crippen LogP contribution is -2.52. The lowest BCUT2D eigenvalue weighted by molar-refractivity contribution is -0.108. The number of pyridine rings is 1. The molecule has 1 spiro atoms. The molecule has 0 aromatic carbocycles. The topological polar surface area (TPSA) is 43.4 Å². The Bertz CT molecular complexity index is 390. The van der Waals surface area contributed by atoms with Gasteiger partial charge in [-0.15, -0.1) is 0 Å². The maximum atomic E-state index is 6.09. The molecule has 4 nitrogen and oxygen atoms in total. The molecule has 4 heteroatoms. The number of morpholine rings is 1. The SMILES string of the molecule is c1cc(COC[C@@H]2CCC[C@]23CNCCO3)ccn1. The third-order valence-corrected chi connectivity index (χ3v) is 4.33. The number of nitrogens with one attached hydrogen (secondary N) is 1. The molecule has 104 valence electrons. The van der Waals surface area contributed by atoms with Crippen molar-refractivity contribution in [1.82, 2.24) is 10.3 Å². The van der Waals surface area contributed by atoms with Gasteiger partial charge in [-0.05, 0) is 30.5 Å². The maximum Gasteiger partial charge on any atom is 0.0856 e. The summed E-state index contributed by atoms with van der Waals surface area (Å²) in [5.74, 6) is 0.530. The first kappa shape index (κ1) is 13.0. The zero-order valence-corrected chi connectivity index (χ0v) is 11.3. The molecule has 1 saturated heterocycles. The van der Waals surface area contributed by atoms with Crippen LogP contribution in [0.1, 0.15) is 24.8 Å². The van der Waals surface area contributed by atoms with Crippen molar-refractivity contribution in [2.75, 3.05) is 26.3 Å². The van der Waals surface area contributed by atoms with Gasteiger partial charge in [-0.25, -0.2) is 0 Å². The molecule has 2 fully saturated rings. The Labute approximate surface area is 114 Å². The first-order valence-corrected chi connectivity index (χ1v) is 7.20. The summed E-state index contributed by atoms with van der Waals surface area (Å²) in [6.07, 6.45) is 7.26. The summed E-state index contributed by atoms with van der Waals surface area (Å²) < 4.78 is 12.0. The fourth-order valence-corrected chi connectivity index (χ4v) is 3.25. The van der Waals surface area contributed by atoms with Crippen molar-refractivity contribution in [3.05, 3.63) is 30.1 Å². The van der Waals surface area contributed by atoms with Gasteiger partial charge < -0.3 is 14.8 Å². The van der Waals surface area contributed by atoms with E-state index >= 15 is 0 Å². The fraction of sp³-hybridized carbons (Fsp3) is 0.667. The molecule has 0 unspecified atom stereocenters. The minimum Gasteiger partial charge on any atom is -0.376 e. The lowest BCUT2D eigenvalue weighted by Gasteiger charge is -2.39. The number of hydrogen-bond donors (Lipinski definition) is 1. The van der Waals surface area contributed by atoms with Gasteiger partial charge in [-0.3, -0.25) is 4.98 Å². The molecule has 1 saturated carbocycles. The molecule has 0 radical (unpaired) electrons. The van der Waals surface area contributed by atoms with Crippen LogP contribution < -0.4 is 5.32 Å². The largest absolute Gasteiger partial charge is 0.376 e. The van der Waals surface area contributed by atoms with E-state index in [1.165, 1.54) is 24.8 Å². The van der Waals surface area contributed by atoms with Crippen LogP contribution in [0, 0.1) is 5.92 Å². The Morgan fingerprint density at radius 3 is 3.11 bits per heavy atom. The summed E-state index contributed by atoms with van der Waals surface area (Å²) in [7, 11) is 0. The van der Waals surface area contributed by atoms with Crippen LogP contribution in [-0.4, -0.2) is 36.9 Å². The smallest absolute Gasteiger partial charge is 0.0856 e. The highest BCUT2D eigenvalue weighted by molar-refractivity contribution is 5.08. The van der Waals surface area contributed by atoms with Gasteiger partial charge in [0.15, 0.2) is 0 Å². The van der Waals surface area contributed by atoms with Gasteiger partial charge in [0.1, 0.15) is 0 Å². The highest BCUT2D eigenvalue weighted by atomic mass is 16.5. The summed E-state index contributed by atoms with van der Waals surface area (Å²) in [5.41, 5.74) is 1.22. The molecule has 1 N–H and O–H groups in total. The zero-order chi connectivity index (χ0) is 13.0. The highest BCUT2D eigenvalue weighted by Crippen LogP contribution is 2.39. The Hall–Kier alpha value is -0.970. The van der Waals surface area contributed by atoms with E-state index in [1.54, 1.807) is 0 Å². The van der Waals surface area contributed by atoms with Gasteiger partial charge in [-0.1, -0.05) is 6.42 Å². The van der Waals surface area contributed by atoms with Crippen LogP contribution in [0.5, 0.6) is 0 Å². The Morgan fingerprint density at radius 2 is 2.32 bits per heavy atom. The minimum atomic E-state index is 0.0382. The number of ether oxygens (including phenoxy) is 2. The van der Waals surface area contributed by atoms with Crippen molar-refractivity contribution in [1.29, 1.82) is 0 Å². The molecule has 0 amide bonds. The Kier molecular flexibility index (Phi) is 4.11. The number of rotatable bonds is 4. The Balaban J connectivity index is 1.51. The van der Waals surface area contributed by atoms with Crippen molar-refractivity contribution in [3.63, 3.8) is 0 Å². The first-order valence-electron chi connectivity index (χ1n) is 7.20. The average molecular weight is 262 g/mol. The van der Waals surface area contributed by atoms with E-state index in [0.717, 1.165) is 26.3 Å². The van der Waals surface area contributed by atoms with Crippen molar-refractivity contribution >= 4 is 0 Å². The molecule has 1 aliphatic heterocycles. The summed E-state index contributed by atoms with van der Waals surface area (Å²) in [6, 6.07) is 4.01. The third kappa shape index (κ3) is 2.96. The van der Waals surface area contributed by atoms with E-state index in [-0.39, 0.29) is 5.60 Å². The second-order valence-electron chi connectivity index (χ2n) is 5.55. The molecule has 2 heterocycles. The zero-order valence-electron chi connectivity index (χ0n) is 11.3. The van der Waals surface area contributed by atoms with E-state index in [0.29, 0.717) is 12.5 Å². The predicted molar refractivity (Wildman–Crippen MR) is 72.8 cm³/mol. The van der Waals surface area contributed by atoms with Crippen LogP contribution in [0.15, 0.2) is 24.5 Å². The van der Waals surface area contributed by atoms with Crippen LogP contribution in [0.4, 0.5) is 0 Å². The van der Waals surface area contributed by atoms with Crippen molar-refractivity contribution in [3.8, 4) is 0 Å². The van der Waals surface area contributed by atoms with Gasteiger partial charge in [-0.2, -0.15) is 0 Å². The molecular formula is C15H22N2O2. The van der Waals surface area contributed by atoms with E-state index in [4.69, 9.17) is 9.47 Å². The molecule has 1 aromatic rings. The third-order valence-electron chi connectivity index (χ3n) is 4.33. The fourth-order valence-electron chi connectivity index (χ4n) is 3.25. The minimum absolute atomic E-state index is 0.0382. The van der Waals surface area contributed by atoms with Gasteiger partial charge in [0.05, 0.1) is 25.4 Å². The van der Waals surface area contributed by atoms with E-state index < -0.39 is 0 Å². The van der Waals surface area contributed by atoms with Crippen LogP contribution >= 0.6 is 0 Å². The predicted octanol–water partition coefficient (Wildman–Crippen LogP) is 1.76. The summed E-state index contributed by atoms with van der Waals surface area (Å²) >= 11 is 0. The Morgan fingerprint density at radius 1 is 1.42 bits per heavy atom. The van der Waals surface area contributed by atoms with Gasteiger partial charge in [0.25, 0.3) is 0 Å². The standard InChI is InChI=1S/C15H22N2O2/c1-2-14(15(5-1)12-17-8-9-19-15)11-18-10-13-3-6-16-7-4-13/h3-4,6-7,14,17H,1-2,5,8-12H2/t14-,15-/m0/s1. The number of aromatic nitrogens is 1. The second kappa shape index (κ2) is 5.99. The molecule has 2 aliphatic rings. The number of nitrogens with zero attached hydrogens (tertiary/aromatic N) is 1. The molecule has 0 bridgehead atoms. The summed E-state index contributed by atoms with van der Waals surface area (Å²) in [6.45, 7) is 4.26. The normalized spacial score (nSPS) is 30.8. The van der Waals surface area contributed by atoms with Crippen molar-refractivity contribution < 1.29 is 9.47 Å². The van der Waals surface area contributed by atoms with Crippen molar-refractivity contribution in [2.24, 2.45) is 5.92 Å². The van der Waals surface area contributed by atoms with Crippen molar-refractivity contribution in [2.45, 2.75) is 31.5 Å². The van der Waals surface area contributed by atoms with Gasteiger partial charge in [0, 0.05) is 31.4 Å². The molecule has 2 atom stereocenters. The van der Waals surface area contributed by atoms with Gasteiger partial charge >= 0.3 is 0 Å². The molecular weight excluding hydrogens is 240 g/mol. The average Bonchev–Trinajstić information content (AvgIpc) is 2.83. The van der Waals surface area contributed by atoms with Gasteiger partial charge in [0.2, 0.25) is 0 Å². The van der Waals surface area contributed by atoms with E-state index in [9.17, 15) is 0 Å². The summed E-state index contributed by atoms with van der Waals surface area (Å²) in [5, 5.41) is 3.47. The molecule has 1 aliphatic carbocycles. The molecule has 1 aromatic heterocycles. The van der Waals surface area contributed by atoms with Crippen LogP contribution in [-0.2, 0) is 16.1 Å². The van der Waals surface area contributed by atoms with Crippen LogP contribution in [0.3, 0.4) is 0 Å². The molecule has 19 heavy (non-hydrogen) atoms. The quantitative estimate of drug-likeness (QED) is 0.898. The number of hydrogen-bond acceptors (Lipinski definition) is 4. The monoisotopic (exact) mass is 262 g/mol. The van der Waals surface area contributed by atoms with E-state index in [2.05, 4.69) is 10.3 Å². The van der Waals surface area contributed by atoms with E-state index in [1.807, 2.05) is 24.5 Å². The van der Waals surface area contributed by atoms with Crippen LogP contribution in [0.2, 0.25) is 0 Å². The summed E-state index contributed by atoms with van der Waals surface area (Å²) in [4.78, 5) is 4.02. The van der Waals surface area contributed by atoms with Crippen LogP contribution in [0.25, 0.3) is 0 Å².